The van der Waals surface area contributed by atoms with E-state index in [2.05, 4.69) is 0 Å². The first kappa shape index (κ1) is 15.2. The van der Waals surface area contributed by atoms with Gasteiger partial charge in [-0.1, -0.05) is 5.98 Å². The average Bonchev–Trinajstić information content (AvgIpc) is 2.50. The van der Waals surface area contributed by atoms with Crippen LogP contribution in [0.3, 0.4) is 0 Å². The summed E-state index contributed by atoms with van der Waals surface area (Å²) < 4.78 is 38.5. The molecule has 0 unspecified atom stereocenters. The van der Waals surface area contributed by atoms with Crippen LogP contribution < -0.4 is 0 Å². The lowest BCUT2D eigenvalue weighted by atomic mass is 9.85. The number of hydrogen-bond donors (Lipinski definition) is 0. The highest BCUT2D eigenvalue weighted by atomic mass is 19.1. The molecule has 1 saturated heterocycles. The third-order valence-corrected chi connectivity index (χ3v) is 4.01. The lowest BCUT2D eigenvalue weighted by Crippen LogP contribution is -2.41. The minimum Gasteiger partial charge on any atom is -0.400 e. The van der Waals surface area contributed by atoms with Crippen molar-refractivity contribution in [3.05, 3.63) is 41.4 Å². The Morgan fingerprint density at radius 3 is 2.20 bits per heavy atom. The van der Waals surface area contributed by atoms with E-state index < -0.39 is 30.0 Å². The molecule has 0 amide bonds. The summed E-state index contributed by atoms with van der Waals surface area (Å²) in [6.07, 6.45) is 0. The summed E-state index contributed by atoms with van der Waals surface area (Å²) in [5.41, 5.74) is -0.0932. The Hall–Kier alpha value is -1.20. The zero-order valence-corrected chi connectivity index (χ0v) is 12.5. The van der Waals surface area contributed by atoms with Gasteiger partial charge in [0.1, 0.15) is 11.6 Å². The van der Waals surface area contributed by atoms with Gasteiger partial charge in [-0.25, -0.2) is 8.78 Å². The molecule has 1 fully saturated rings. The van der Waals surface area contributed by atoms with Crippen molar-refractivity contribution < 1.29 is 18.1 Å². The maximum Gasteiger partial charge on any atom is 0.487 e. The number of hydrogen-bond acceptors (Lipinski definition) is 2. The molecule has 20 heavy (non-hydrogen) atoms. The van der Waals surface area contributed by atoms with Gasteiger partial charge in [0.2, 0.25) is 0 Å². The van der Waals surface area contributed by atoms with Gasteiger partial charge in [0.15, 0.2) is 0 Å². The van der Waals surface area contributed by atoms with E-state index >= 15 is 0 Å². The maximum absolute atomic E-state index is 13.7. The molecule has 0 aromatic heterocycles. The third-order valence-electron chi connectivity index (χ3n) is 4.01. The molecule has 108 valence electrons. The Balaban J connectivity index is 2.26. The van der Waals surface area contributed by atoms with Crippen molar-refractivity contribution in [1.82, 2.24) is 0 Å². The summed E-state index contributed by atoms with van der Waals surface area (Å²) in [6, 6.07) is 3.39. The van der Waals surface area contributed by atoms with E-state index in [-0.39, 0.29) is 5.56 Å². The normalized spacial score (nSPS) is 21.4. The van der Waals surface area contributed by atoms with E-state index in [4.69, 9.17) is 9.31 Å². The molecule has 5 heteroatoms. The van der Waals surface area contributed by atoms with Crippen LogP contribution in [0.25, 0.3) is 5.57 Å². The molecule has 1 heterocycles. The Kier molecular flexibility index (Phi) is 3.78. The Labute approximate surface area is 118 Å². The average molecular weight is 280 g/mol. The smallest absolute Gasteiger partial charge is 0.400 e. The molecule has 0 saturated carbocycles. The first-order valence-electron chi connectivity index (χ1n) is 6.62. The molecule has 0 bridgehead atoms. The monoisotopic (exact) mass is 280 g/mol. The molecule has 2 nitrogen and oxygen atoms in total. The van der Waals surface area contributed by atoms with Gasteiger partial charge in [-0.15, -0.1) is 0 Å². The van der Waals surface area contributed by atoms with E-state index in [9.17, 15) is 8.78 Å². The first-order valence-corrected chi connectivity index (χ1v) is 6.62. The first-order chi connectivity index (χ1) is 9.12. The predicted octanol–water partition coefficient (Wildman–Crippen LogP) is 4.00. The second-order valence-corrected chi connectivity index (χ2v) is 6.10. The van der Waals surface area contributed by atoms with Crippen LogP contribution in [0.1, 0.15) is 40.2 Å². The quantitative estimate of drug-likeness (QED) is 0.762. The fourth-order valence-electron chi connectivity index (χ4n) is 2.05. The fourth-order valence-corrected chi connectivity index (χ4v) is 2.05. The van der Waals surface area contributed by atoms with Crippen LogP contribution in [0, 0.1) is 11.6 Å². The molecule has 0 radical (unpaired) electrons. The minimum absolute atomic E-state index is 0.222. The zero-order chi connectivity index (χ0) is 15.1. The molecule has 1 aliphatic rings. The molecule has 0 aliphatic carbocycles. The number of rotatable bonds is 2. The van der Waals surface area contributed by atoms with Crippen molar-refractivity contribution in [3.8, 4) is 0 Å². The van der Waals surface area contributed by atoms with Gasteiger partial charge in [-0.2, -0.15) is 0 Å². The van der Waals surface area contributed by atoms with Gasteiger partial charge in [0.05, 0.1) is 11.2 Å². The summed E-state index contributed by atoms with van der Waals surface area (Å²) >= 11 is 0. The minimum atomic E-state index is -0.567. The van der Waals surface area contributed by atoms with Crippen LogP contribution in [-0.2, 0) is 9.31 Å². The Bertz CT molecular complexity index is 537. The molecule has 0 N–H and O–H groups in total. The highest BCUT2D eigenvalue weighted by Gasteiger charge is 2.50. The molecule has 0 atom stereocenters. The second-order valence-electron chi connectivity index (χ2n) is 6.10. The summed E-state index contributed by atoms with van der Waals surface area (Å²) in [5.74, 6) is 0.744. The number of benzene rings is 1. The van der Waals surface area contributed by atoms with Gasteiger partial charge in [-0.3, -0.25) is 0 Å². The van der Waals surface area contributed by atoms with Crippen LogP contribution in [0.5, 0.6) is 0 Å². The highest BCUT2D eigenvalue weighted by Crippen LogP contribution is 2.37. The highest BCUT2D eigenvalue weighted by molar-refractivity contribution is 6.53. The van der Waals surface area contributed by atoms with Crippen molar-refractivity contribution in [1.29, 1.82) is 0 Å². The van der Waals surface area contributed by atoms with Gasteiger partial charge < -0.3 is 9.31 Å². The van der Waals surface area contributed by atoms with Gasteiger partial charge >= 0.3 is 7.12 Å². The van der Waals surface area contributed by atoms with E-state index in [1.54, 1.807) is 12.9 Å². The van der Waals surface area contributed by atoms with Crippen molar-refractivity contribution in [2.24, 2.45) is 0 Å². The van der Waals surface area contributed by atoms with Crippen molar-refractivity contribution in [2.45, 2.75) is 45.8 Å². The van der Waals surface area contributed by atoms with Crippen molar-refractivity contribution in [3.63, 3.8) is 0 Å². The van der Waals surface area contributed by atoms with Gasteiger partial charge in [-0.05, 0) is 58.4 Å². The molecule has 0 spiro atoms. The molecule has 2 rings (SSSR count). The van der Waals surface area contributed by atoms with Crippen LogP contribution in [0.2, 0.25) is 0 Å². The second kappa shape index (κ2) is 4.97. The molecular formula is C15H19BF2O2. The number of halogens is 2. The van der Waals surface area contributed by atoms with E-state index in [0.29, 0.717) is 5.57 Å². The van der Waals surface area contributed by atoms with E-state index in [1.807, 2.05) is 27.7 Å². The van der Waals surface area contributed by atoms with E-state index in [0.717, 1.165) is 12.1 Å². The van der Waals surface area contributed by atoms with Crippen LogP contribution >= 0.6 is 0 Å². The third kappa shape index (κ3) is 2.79. The van der Waals surface area contributed by atoms with Crippen molar-refractivity contribution >= 4 is 12.7 Å². The fraction of sp³-hybridized carbons (Fsp3) is 0.467. The molecular weight excluding hydrogens is 261 g/mol. The van der Waals surface area contributed by atoms with Crippen LogP contribution in [0.15, 0.2) is 24.2 Å². The Morgan fingerprint density at radius 1 is 1.10 bits per heavy atom. The maximum atomic E-state index is 13.7. The van der Waals surface area contributed by atoms with E-state index in [1.165, 1.54) is 6.07 Å². The summed E-state index contributed by atoms with van der Waals surface area (Å²) in [4.78, 5) is 0. The summed E-state index contributed by atoms with van der Waals surface area (Å²) in [6.45, 7) is 9.48. The SMILES string of the molecule is C/C(=C/B1OC(C)(C)C(C)(C)O1)c1cc(F)ccc1F. The zero-order valence-electron chi connectivity index (χ0n) is 12.5. The lowest BCUT2D eigenvalue weighted by Gasteiger charge is -2.32. The topological polar surface area (TPSA) is 18.5 Å². The van der Waals surface area contributed by atoms with Crippen LogP contribution in [-0.4, -0.2) is 18.3 Å². The standard InChI is InChI=1S/C15H19BF2O2/c1-10(12-8-11(17)6-7-13(12)18)9-16-19-14(2,3)15(4,5)20-16/h6-9H,1-5H3/b10-9-. The molecule has 1 aromatic carbocycles. The largest absolute Gasteiger partial charge is 0.487 e. The van der Waals surface area contributed by atoms with Gasteiger partial charge in [0.25, 0.3) is 0 Å². The summed E-state index contributed by atoms with van der Waals surface area (Å²) in [7, 11) is -0.567. The molecule has 1 aliphatic heterocycles. The van der Waals surface area contributed by atoms with Crippen LogP contribution in [0.4, 0.5) is 8.78 Å². The molecule has 1 aromatic rings. The van der Waals surface area contributed by atoms with Gasteiger partial charge in [0, 0.05) is 5.56 Å². The lowest BCUT2D eigenvalue weighted by molar-refractivity contribution is 0.00578. The Morgan fingerprint density at radius 2 is 1.65 bits per heavy atom. The number of allylic oxidation sites excluding steroid dienone is 1. The van der Waals surface area contributed by atoms with Crippen molar-refractivity contribution in [2.75, 3.05) is 0 Å². The predicted molar refractivity (Wildman–Crippen MR) is 76.1 cm³/mol. The summed E-state index contributed by atoms with van der Waals surface area (Å²) in [5, 5.41) is 0.